The van der Waals surface area contributed by atoms with Crippen molar-refractivity contribution in [1.29, 1.82) is 0 Å². The molecule has 0 aliphatic carbocycles. The first-order valence-electron chi connectivity index (χ1n) is 5.77. The summed E-state index contributed by atoms with van der Waals surface area (Å²) in [6, 6.07) is 7.76. The summed E-state index contributed by atoms with van der Waals surface area (Å²) in [6.45, 7) is 6.14. The van der Waals surface area contributed by atoms with E-state index in [0.717, 1.165) is 10.6 Å². The van der Waals surface area contributed by atoms with E-state index in [2.05, 4.69) is 10.2 Å². The summed E-state index contributed by atoms with van der Waals surface area (Å²) in [5, 5.41) is 8.11. The second-order valence-corrected chi connectivity index (χ2v) is 6.09. The van der Waals surface area contributed by atoms with E-state index >= 15 is 0 Å². The maximum absolute atomic E-state index is 5.87. The minimum absolute atomic E-state index is 0.109. The number of anilines is 1. The Morgan fingerprint density at radius 3 is 2.56 bits per heavy atom. The Kier molecular flexibility index (Phi) is 3.61. The van der Waals surface area contributed by atoms with Crippen LogP contribution in [0.1, 0.15) is 32.6 Å². The molecule has 2 N–H and O–H groups in total. The Morgan fingerprint density at radius 2 is 1.94 bits per heavy atom. The van der Waals surface area contributed by atoms with Gasteiger partial charge in [-0.2, -0.15) is 0 Å². The zero-order chi connectivity index (χ0) is 13.2. The van der Waals surface area contributed by atoms with Gasteiger partial charge in [0.1, 0.15) is 0 Å². The first-order valence-corrected chi connectivity index (χ1v) is 6.75. The Balaban J connectivity index is 2.03. The van der Waals surface area contributed by atoms with Crippen molar-refractivity contribution < 1.29 is 4.42 Å². The van der Waals surface area contributed by atoms with E-state index in [1.54, 1.807) is 11.8 Å². The van der Waals surface area contributed by atoms with Crippen molar-refractivity contribution >= 4 is 17.4 Å². The number of nitrogen functional groups attached to an aromatic ring is 1. The average molecular weight is 263 g/mol. The first kappa shape index (κ1) is 13.0. The number of nitrogens with two attached hydrogens (primary N) is 1. The van der Waals surface area contributed by atoms with E-state index in [1.807, 2.05) is 45.0 Å². The first-order chi connectivity index (χ1) is 8.47. The van der Waals surface area contributed by atoms with Gasteiger partial charge in [-0.15, -0.1) is 22.0 Å². The number of rotatable bonds is 3. The molecule has 0 aliphatic rings. The topological polar surface area (TPSA) is 64.9 Å². The SMILES string of the molecule is CC(C)(C)c1nnc(CSc2ccccc2N)o1. The molecule has 0 unspecified atom stereocenters. The van der Waals surface area contributed by atoms with Gasteiger partial charge in [-0.25, -0.2) is 0 Å². The summed E-state index contributed by atoms with van der Waals surface area (Å²) in [5.74, 6) is 1.93. The fourth-order valence-electron chi connectivity index (χ4n) is 1.37. The van der Waals surface area contributed by atoms with Gasteiger partial charge in [0, 0.05) is 16.0 Å². The third-order valence-electron chi connectivity index (χ3n) is 2.38. The zero-order valence-electron chi connectivity index (χ0n) is 10.8. The standard InChI is InChI=1S/C13H17N3OS/c1-13(2,3)12-16-15-11(17-12)8-18-10-7-5-4-6-9(10)14/h4-7H,8,14H2,1-3H3. The largest absolute Gasteiger partial charge is 0.424 e. The van der Waals surface area contributed by atoms with Gasteiger partial charge in [0.15, 0.2) is 0 Å². The highest BCUT2D eigenvalue weighted by molar-refractivity contribution is 7.98. The van der Waals surface area contributed by atoms with Gasteiger partial charge in [0.05, 0.1) is 5.75 Å². The molecule has 0 aliphatic heterocycles. The molecule has 2 aromatic rings. The molecule has 0 saturated carbocycles. The molecular weight excluding hydrogens is 246 g/mol. The lowest BCUT2D eigenvalue weighted by molar-refractivity contribution is 0.378. The normalized spacial score (nSPS) is 11.7. The maximum atomic E-state index is 5.87. The number of aromatic nitrogens is 2. The Bertz CT molecular complexity index is 531. The lowest BCUT2D eigenvalue weighted by atomic mass is 9.97. The molecular formula is C13H17N3OS. The maximum Gasteiger partial charge on any atom is 0.226 e. The van der Waals surface area contributed by atoms with E-state index in [1.165, 1.54) is 0 Å². The monoisotopic (exact) mass is 263 g/mol. The zero-order valence-corrected chi connectivity index (χ0v) is 11.6. The van der Waals surface area contributed by atoms with E-state index in [4.69, 9.17) is 10.2 Å². The lowest BCUT2D eigenvalue weighted by Crippen LogP contribution is -2.11. The summed E-state index contributed by atoms with van der Waals surface area (Å²) in [7, 11) is 0. The number of para-hydroxylation sites is 1. The molecule has 0 atom stereocenters. The third-order valence-corrected chi connectivity index (χ3v) is 3.45. The van der Waals surface area contributed by atoms with Crippen LogP contribution < -0.4 is 5.73 Å². The molecule has 0 bridgehead atoms. The highest BCUT2D eigenvalue weighted by Gasteiger charge is 2.21. The molecule has 1 heterocycles. The highest BCUT2D eigenvalue weighted by Crippen LogP contribution is 2.28. The van der Waals surface area contributed by atoms with Crippen LogP contribution in [-0.4, -0.2) is 10.2 Å². The molecule has 0 saturated heterocycles. The molecule has 96 valence electrons. The summed E-state index contributed by atoms with van der Waals surface area (Å²) in [5.41, 5.74) is 6.54. The fraction of sp³-hybridized carbons (Fsp3) is 0.385. The van der Waals surface area contributed by atoms with Crippen molar-refractivity contribution in [3.05, 3.63) is 36.0 Å². The van der Waals surface area contributed by atoms with Crippen molar-refractivity contribution in [3.63, 3.8) is 0 Å². The van der Waals surface area contributed by atoms with Crippen LogP contribution in [0, 0.1) is 0 Å². The van der Waals surface area contributed by atoms with E-state index in [-0.39, 0.29) is 5.41 Å². The van der Waals surface area contributed by atoms with Gasteiger partial charge in [0.2, 0.25) is 11.8 Å². The van der Waals surface area contributed by atoms with Gasteiger partial charge in [-0.05, 0) is 12.1 Å². The Labute approximate surface area is 111 Å². The van der Waals surface area contributed by atoms with Crippen LogP contribution in [0.2, 0.25) is 0 Å². The van der Waals surface area contributed by atoms with Gasteiger partial charge in [0.25, 0.3) is 0 Å². The van der Waals surface area contributed by atoms with Crippen molar-refractivity contribution in [2.45, 2.75) is 36.8 Å². The van der Waals surface area contributed by atoms with Gasteiger partial charge in [-0.3, -0.25) is 0 Å². The smallest absolute Gasteiger partial charge is 0.226 e. The van der Waals surface area contributed by atoms with Crippen LogP contribution >= 0.6 is 11.8 Å². The lowest BCUT2D eigenvalue weighted by Gasteiger charge is -2.10. The molecule has 0 radical (unpaired) electrons. The van der Waals surface area contributed by atoms with Crippen LogP contribution in [0.15, 0.2) is 33.6 Å². The quantitative estimate of drug-likeness (QED) is 0.680. The predicted molar refractivity (Wildman–Crippen MR) is 73.4 cm³/mol. The molecule has 2 rings (SSSR count). The second kappa shape index (κ2) is 5.02. The van der Waals surface area contributed by atoms with Crippen LogP contribution in [-0.2, 0) is 11.2 Å². The minimum Gasteiger partial charge on any atom is -0.424 e. The minimum atomic E-state index is -0.109. The summed E-state index contributed by atoms with van der Waals surface area (Å²) in [4.78, 5) is 1.04. The highest BCUT2D eigenvalue weighted by atomic mass is 32.2. The number of benzene rings is 1. The molecule has 4 nitrogen and oxygen atoms in total. The number of nitrogens with zero attached hydrogens (tertiary/aromatic N) is 2. The van der Waals surface area contributed by atoms with Crippen molar-refractivity contribution in [1.82, 2.24) is 10.2 Å². The van der Waals surface area contributed by atoms with Gasteiger partial charge in [-0.1, -0.05) is 32.9 Å². The van der Waals surface area contributed by atoms with Crippen molar-refractivity contribution in [2.24, 2.45) is 0 Å². The van der Waals surface area contributed by atoms with Crippen LogP contribution in [0.25, 0.3) is 0 Å². The molecule has 0 fully saturated rings. The fourth-order valence-corrected chi connectivity index (χ4v) is 2.17. The average Bonchev–Trinajstić information content (AvgIpc) is 2.76. The predicted octanol–water partition coefficient (Wildman–Crippen LogP) is 3.24. The van der Waals surface area contributed by atoms with Crippen LogP contribution in [0.5, 0.6) is 0 Å². The molecule has 1 aromatic carbocycles. The molecule has 1 aromatic heterocycles. The second-order valence-electron chi connectivity index (χ2n) is 5.08. The molecule has 0 spiro atoms. The Hall–Kier alpha value is -1.49. The van der Waals surface area contributed by atoms with Crippen LogP contribution in [0.4, 0.5) is 5.69 Å². The van der Waals surface area contributed by atoms with Crippen molar-refractivity contribution in [3.8, 4) is 0 Å². The summed E-state index contributed by atoms with van der Waals surface area (Å²) < 4.78 is 5.63. The van der Waals surface area contributed by atoms with Gasteiger partial charge < -0.3 is 10.2 Å². The molecule has 18 heavy (non-hydrogen) atoms. The Morgan fingerprint density at radius 1 is 1.22 bits per heavy atom. The number of hydrogen-bond donors (Lipinski definition) is 1. The summed E-state index contributed by atoms with van der Waals surface area (Å²) in [6.07, 6.45) is 0. The van der Waals surface area contributed by atoms with E-state index in [9.17, 15) is 0 Å². The number of hydrogen-bond acceptors (Lipinski definition) is 5. The van der Waals surface area contributed by atoms with Crippen molar-refractivity contribution in [2.75, 3.05) is 5.73 Å². The molecule has 0 amide bonds. The van der Waals surface area contributed by atoms with Crippen LogP contribution in [0.3, 0.4) is 0 Å². The van der Waals surface area contributed by atoms with E-state index < -0.39 is 0 Å². The molecule has 5 heteroatoms. The summed E-state index contributed by atoms with van der Waals surface area (Å²) >= 11 is 1.60. The number of thioether (sulfide) groups is 1. The van der Waals surface area contributed by atoms with E-state index in [0.29, 0.717) is 17.5 Å². The van der Waals surface area contributed by atoms with Gasteiger partial charge >= 0.3 is 0 Å². The third kappa shape index (κ3) is 3.04.